The first-order chi connectivity index (χ1) is 8.11. The average molecular weight is 241 g/mol. The fraction of sp³-hybridized carbons (Fsp3) is 0.923. The molecule has 4 nitrogen and oxygen atoms in total. The van der Waals surface area contributed by atoms with Gasteiger partial charge in [0, 0.05) is 32.6 Å². The second kappa shape index (κ2) is 7.67. The van der Waals surface area contributed by atoms with Gasteiger partial charge in [-0.1, -0.05) is 13.8 Å². The molecule has 1 heterocycles. The molecule has 0 spiro atoms. The smallest absolute Gasteiger partial charge is 0.217 e. The molecule has 17 heavy (non-hydrogen) atoms. The van der Waals surface area contributed by atoms with E-state index in [4.69, 9.17) is 0 Å². The van der Waals surface area contributed by atoms with Crippen LogP contribution in [0, 0.1) is 5.92 Å². The Morgan fingerprint density at radius 3 is 2.94 bits per heavy atom. The zero-order valence-corrected chi connectivity index (χ0v) is 11.5. The highest BCUT2D eigenvalue weighted by atomic mass is 16.1. The topological polar surface area (TPSA) is 44.4 Å². The molecule has 2 atom stereocenters. The zero-order chi connectivity index (χ0) is 12.7. The van der Waals surface area contributed by atoms with Crippen molar-refractivity contribution in [1.82, 2.24) is 15.5 Å². The van der Waals surface area contributed by atoms with Crippen molar-refractivity contribution < 1.29 is 4.79 Å². The fourth-order valence-corrected chi connectivity index (χ4v) is 2.43. The van der Waals surface area contributed by atoms with Gasteiger partial charge in [0.2, 0.25) is 5.91 Å². The molecule has 2 N–H and O–H groups in total. The van der Waals surface area contributed by atoms with Gasteiger partial charge in [-0.05, 0) is 31.8 Å². The molecule has 1 aliphatic rings. The van der Waals surface area contributed by atoms with Crippen LogP contribution in [0.5, 0.6) is 0 Å². The highest BCUT2D eigenvalue weighted by molar-refractivity contribution is 5.73. The van der Waals surface area contributed by atoms with Crippen LogP contribution >= 0.6 is 0 Å². The van der Waals surface area contributed by atoms with Gasteiger partial charge in [-0.25, -0.2) is 0 Å². The number of amides is 1. The first-order valence-electron chi connectivity index (χ1n) is 6.82. The molecular weight excluding hydrogens is 214 g/mol. The lowest BCUT2D eigenvalue weighted by Crippen LogP contribution is -2.37. The lowest BCUT2D eigenvalue weighted by atomic mass is 10.1. The van der Waals surface area contributed by atoms with E-state index in [1.54, 1.807) is 6.92 Å². The summed E-state index contributed by atoms with van der Waals surface area (Å²) >= 11 is 0. The molecule has 1 fully saturated rings. The summed E-state index contributed by atoms with van der Waals surface area (Å²) in [5, 5.41) is 6.46. The van der Waals surface area contributed by atoms with E-state index >= 15 is 0 Å². The molecule has 2 unspecified atom stereocenters. The van der Waals surface area contributed by atoms with Gasteiger partial charge in [0.15, 0.2) is 0 Å². The molecule has 1 aliphatic heterocycles. The Morgan fingerprint density at radius 1 is 1.53 bits per heavy atom. The molecule has 0 aromatic heterocycles. The highest BCUT2D eigenvalue weighted by Crippen LogP contribution is 2.11. The Balaban J connectivity index is 2.14. The molecule has 0 aromatic carbocycles. The SMILES string of the molecule is CCCNCC(C)CN1CCC(NC(C)=O)C1. The predicted octanol–water partition coefficient (Wildman–Crippen LogP) is 0.833. The van der Waals surface area contributed by atoms with Gasteiger partial charge >= 0.3 is 0 Å². The summed E-state index contributed by atoms with van der Waals surface area (Å²) < 4.78 is 0. The number of carbonyl (C=O) groups excluding carboxylic acids is 1. The maximum absolute atomic E-state index is 11.0. The van der Waals surface area contributed by atoms with Gasteiger partial charge in [-0.3, -0.25) is 4.79 Å². The van der Waals surface area contributed by atoms with Crippen LogP contribution in [0.4, 0.5) is 0 Å². The van der Waals surface area contributed by atoms with Crippen molar-refractivity contribution in [3.05, 3.63) is 0 Å². The monoisotopic (exact) mass is 241 g/mol. The molecule has 0 radical (unpaired) electrons. The minimum Gasteiger partial charge on any atom is -0.352 e. The van der Waals surface area contributed by atoms with Gasteiger partial charge < -0.3 is 15.5 Å². The molecule has 1 saturated heterocycles. The van der Waals surface area contributed by atoms with Crippen molar-refractivity contribution in [2.45, 2.75) is 39.7 Å². The highest BCUT2D eigenvalue weighted by Gasteiger charge is 2.23. The molecule has 0 saturated carbocycles. The molecule has 0 aromatic rings. The standard InChI is InChI=1S/C13H27N3O/c1-4-6-14-8-11(2)9-16-7-5-13(10-16)15-12(3)17/h11,13-14H,4-10H2,1-3H3,(H,15,17). The first kappa shape index (κ1) is 14.5. The molecule has 0 bridgehead atoms. The van der Waals surface area contributed by atoms with Crippen molar-refractivity contribution in [3.63, 3.8) is 0 Å². The summed E-state index contributed by atoms with van der Waals surface area (Å²) in [4.78, 5) is 13.4. The van der Waals surface area contributed by atoms with Crippen LogP contribution < -0.4 is 10.6 Å². The van der Waals surface area contributed by atoms with E-state index in [9.17, 15) is 4.79 Å². The molecule has 100 valence electrons. The van der Waals surface area contributed by atoms with E-state index in [0.717, 1.165) is 39.1 Å². The van der Waals surface area contributed by atoms with Crippen LogP contribution in [0.2, 0.25) is 0 Å². The summed E-state index contributed by atoms with van der Waals surface area (Å²) in [5.41, 5.74) is 0. The van der Waals surface area contributed by atoms with Crippen molar-refractivity contribution in [3.8, 4) is 0 Å². The van der Waals surface area contributed by atoms with E-state index in [0.29, 0.717) is 12.0 Å². The number of nitrogens with one attached hydrogen (secondary N) is 2. The van der Waals surface area contributed by atoms with Crippen LogP contribution in [-0.4, -0.2) is 49.6 Å². The van der Waals surface area contributed by atoms with Crippen LogP contribution in [-0.2, 0) is 4.79 Å². The number of hydrogen-bond acceptors (Lipinski definition) is 3. The molecule has 4 heteroatoms. The lowest BCUT2D eigenvalue weighted by molar-refractivity contribution is -0.119. The van der Waals surface area contributed by atoms with Crippen molar-refractivity contribution in [2.75, 3.05) is 32.7 Å². The second-order valence-electron chi connectivity index (χ2n) is 5.25. The molecular formula is C13H27N3O. The van der Waals surface area contributed by atoms with Gasteiger partial charge in [-0.15, -0.1) is 0 Å². The van der Waals surface area contributed by atoms with Gasteiger partial charge in [0.1, 0.15) is 0 Å². The second-order valence-corrected chi connectivity index (χ2v) is 5.25. The van der Waals surface area contributed by atoms with E-state index < -0.39 is 0 Å². The lowest BCUT2D eigenvalue weighted by Gasteiger charge is -2.21. The molecule has 1 rings (SSSR count). The fourth-order valence-electron chi connectivity index (χ4n) is 2.43. The third-order valence-electron chi connectivity index (χ3n) is 3.17. The zero-order valence-electron chi connectivity index (χ0n) is 11.5. The minimum atomic E-state index is 0.0921. The minimum absolute atomic E-state index is 0.0921. The predicted molar refractivity (Wildman–Crippen MR) is 71.0 cm³/mol. The summed E-state index contributed by atoms with van der Waals surface area (Å²) in [6, 6.07) is 0.364. The van der Waals surface area contributed by atoms with Crippen molar-refractivity contribution >= 4 is 5.91 Å². The summed E-state index contributed by atoms with van der Waals surface area (Å²) in [6.07, 6.45) is 2.29. The van der Waals surface area contributed by atoms with Gasteiger partial charge in [0.05, 0.1) is 0 Å². The Labute approximate surface area is 105 Å². The van der Waals surface area contributed by atoms with Gasteiger partial charge in [0.25, 0.3) is 0 Å². The van der Waals surface area contributed by atoms with Crippen LogP contribution in [0.1, 0.15) is 33.6 Å². The van der Waals surface area contributed by atoms with E-state index in [1.807, 2.05) is 0 Å². The van der Waals surface area contributed by atoms with Gasteiger partial charge in [-0.2, -0.15) is 0 Å². The summed E-state index contributed by atoms with van der Waals surface area (Å²) in [6.45, 7) is 11.5. The van der Waals surface area contributed by atoms with Crippen LogP contribution in [0.25, 0.3) is 0 Å². The number of nitrogens with zero attached hydrogens (tertiary/aromatic N) is 1. The third kappa shape index (κ3) is 6.03. The van der Waals surface area contributed by atoms with Crippen molar-refractivity contribution in [2.24, 2.45) is 5.92 Å². The molecule has 0 aliphatic carbocycles. The Bertz CT molecular complexity index is 233. The van der Waals surface area contributed by atoms with E-state index in [2.05, 4.69) is 29.4 Å². The van der Waals surface area contributed by atoms with E-state index in [1.165, 1.54) is 6.42 Å². The number of carbonyl (C=O) groups is 1. The number of rotatable bonds is 7. The number of likely N-dealkylation sites (tertiary alicyclic amines) is 1. The third-order valence-corrected chi connectivity index (χ3v) is 3.17. The Morgan fingerprint density at radius 2 is 2.29 bits per heavy atom. The normalized spacial score (nSPS) is 22.6. The Kier molecular flexibility index (Phi) is 6.52. The average Bonchev–Trinajstić information content (AvgIpc) is 2.64. The van der Waals surface area contributed by atoms with E-state index in [-0.39, 0.29) is 5.91 Å². The van der Waals surface area contributed by atoms with Crippen molar-refractivity contribution in [1.29, 1.82) is 0 Å². The largest absolute Gasteiger partial charge is 0.352 e. The number of hydrogen-bond donors (Lipinski definition) is 2. The maximum atomic E-state index is 11.0. The van der Waals surface area contributed by atoms with Crippen LogP contribution in [0.15, 0.2) is 0 Å². The molecule has 1 amide bonds. The Hall–Kier alpha value is -0.610. The maximum Gasteiger partial charge on any atom is 0.217 e. The quantitative estimate of drug-likeness (QED) is 0.649. The summed E-state index contributed by atoms with van der Waals surface area (Å²) in [7, 11) is 0. The summed E-state index contributed by atoms with van der Waals surface area (Å²) in [5.74, 6) is 0.770. The first-order valence-corrected chi connectivity index (χ1v) is 6.82. The van der Waals surface area contributed by atoms with Crippen LogP contribution in [0.3, 0.4) is 0 Å².